The normalized spacial score (nSPS) is 27.2. The summed E-state index contributed by atoms with van der Waals surface area (Å²) in [4.78, 5) is 16.1. The molecule has 0 aliphatic heterocycles. The van der Waals surface area contributed by atoms with Gasteiger partial charge < -0.3 is 15.6 Å². The molecule has 19 heavy (non-hydrogen) atoms. The van der Waals surface area contributed by atoms with Gasteiger partial charge in [-0.3, -0.25) is 4.79 Å². The quantitative estimate of drug-likeness (QED) is 0.842. The molecule has 0 radical (unpaired) electrons. The summed E-state index contributed by atoms with van der Waals surface area (Å²) in [5.41, 5.74) is 5.75. The van der Waals surface area contributed by atoms with Gasteiger partial charge in [0.25, 0.3) is 0 Å². The summed E-state index contributed by atoms with van der Waals surface area (Å²) in [5, 5.41) is 3.20. The van der Waals surface area contributed by atoms with Gasteiger partial charge in [-0.25, -0.2) is 4.98 Å². The van der Waals surface area contributed by atoms with Crippen LogP contribution in [0.4, 0.5) is 0 Å². The molecular weight excluding hydrogens is 240 g/mol. The van der Waals surface area contributed by atoms with E-state index < -0.39 is 0 Å². The van der Waals surface area contributed by atoms with Crippen LogP contribution in [0, 0.1) is 5.92 Å². The molecule has 5 nitrogen and oxygen atoms in total. The zero-order chi connectivity index (χ0) is 13.7. The fraction of sp³-hybridized carbons (Fsp3) is 0.714. The molecule has 1 saturated carbocycles. The number of rotatable bonds is 5. The monoisotopic (exact) mass is 264 g/mol. The summed E-state index contributed by atoms with van der Waals surface area (Å²) in [6, 6.07) is 0. The SMILES string of the molecule is CC1CCCCC1(CN)NC(=O)CCn1ccnc1. The molecule has 0 aromatic carbocycles. The fourth-order valence-electron chi connectivity index (χ4n) is 2.94. The van der Waals surface area contributed by atoms with Gasteiger partial charge in [-0.15, -0.1) is 0 Å². The summed E-state index contributed by atoms with van der Waals surface area (Å²) >= 11 is 0. The Morgan fingerprint density at radius 1 is 1.58 bits per heavy atom. The maximum atomic E-state index is 12.1. The molecule has 3 N–H and O–H groups in total. The molecule has 1 fully saturated rings. The summed E-state index contributed by atoms with van der Waals surface area (Å²) in [6.45, 7) is 3.40. The lowest BCUT2D eigenvalue weighted by atomic mass is 9.73. The molecule has 106 valence electrons. The first kappa shape index (κ1) is 14.1. The molecule has 0 bridgehead atoms. The molecule has 1 aliphatic carbocycles. The van der Waals surface area contributed by atoms with Crippen molar-refractivity contribution in [1.82, 2.24) is 14.9 Å². The van der Waals surface area contributed by atoms with E-state index in [4.69, 9.17) is 5.73 Å². The van der Waals surface area contributed by atoms with E-state index in [0.717, 1.165) is 19.3 Å². The van der Waals surface area contributed by atoms with Crippen LogP contribution in [0.25, 0.3) is 0 Å². The number of hydrogen-bond donors (Lipinski definition) is 2. The number of aryl methyl sites for hydroxylation is 1. The second kappa shape index (κ2) is 6.19. The van der Waals surface area contributed by atoms with E-state index in [0.29, 0.717) is 25.4 Å². The fourth-order valence-corrected chi connectivity index (χ4v) is 2.94. The molecule has 2 unspecified atom stereocenters. The largest absolute Gasteiger partial charge is 0.349 e. The number of carbonyl (C=O) groups excluding carboxylic acids is 1. The topological polar surface area (TPSA) is 72.9 Å². The number of aromatic nitrogens is 2. The van der Waals surface area contributed by atoms with Gasteiger partial charge in [0.15, 0.2) is 0 Å². The van der Waals surface area contributed by atoms with Gasteiger partial charge in [-0.1, -0.05) is 19.8 Å². The van der Waals surface area contributed by atoms with Gasteiger partial charge in [-0.05, 0) is 18.8 Å². The molecule has 1 aliphatic rings. The lowest BCUT2D eigenvalue weighted by Gasteiger charge is -2.42. The lowest BCUT2D eigenvalue weighted by molar-refractivity contribution is -0.124. The molecular formula is C14H24N4O. The molecule has 1 amide bonds. The van der Waals surface area contributed by atoms with Crippen molar-refractivity contribution in [3.8, 4) is 0 Å². The maximum Gasteiger partial charge on any atom is 0.222 e. The molecule has 1 heterocycles. The molecule has 2 rings (SSSR count). The molecule has 1 aromatic rings. The minimum atomic E-state index is -0.190. The van der Waals surface area contributed by atoms with Crippen molar-refractivity contribution in [2.45, 2.75) is 51.1 Å². The number of nitrogens with two attached hydrogens (primary N) is 1. The molecule has 0 spiro atoms. The Kier molecular flexibility index (Phi) is 4.58. The van der Waals surface area contributed by atoms with Gasteiger partial charge in [0.05, 0.1) is 11.9 Å². The van der Waals surface area contributed by atoms with E-state index in [-0.39, 0.29) is 11.4 Å². The molecule has 5 heteroatoms. The Morgan fingerprint density at radius 2 is 2.42 bits per heavy atom. The van der Waals surface area contributed by atoms with E-state index in [2.05, 4.69) is 17.2 Å². The summed E-state index contributed by atoms with van der Waals surface area (Å²) in [6.07, 6.45) is 10.4. The van der Waals surface area contributed by atoms with Crippen LogP contribution in [-0.2, 0) is 11.3 Å². The van der Waals surface area contributed by atoms with Gasteiger partial charge >= 0.3 is 0 Å². The van der Waals surface area contributed by atoms with E-state index in [9.17, 15) is 4.79 Å². The van der Waals surface area contributed by atoms with Crippen LogP contribution in [0.15, 0.2) is 18.7 Å². The van der Waals surface area contributed by atoms with Gasteiger partial charge in [0.2, 0.25) is 5.91 Å². The minimum absolute atomic E-state index is 0.0906. The highest BCUT2D eigenvalue weighted by Crippen LogP contribution is 2.32. The number of hydrogen-bond acceptors (Lipinski definition) is 3. The Balaban J connectivity index is 1.88. The van der Waals surface area contributed by atoms with Gasteiger partial charge in [0.1, 0.15) is 0 Å². The Morgan fingerprint density at radius 3 is 3.05 bits per heavy atom. The van der Waals surface area contributed by atoms with Crippen LogP contribution >= 0.6 is 0 Å². The van der Waals surface area contributed by atoms with Crippen molar-refractivity contribution in [2.75, 3.05) is 6.54 Å². The van der Waals surface area contributed by atoms with Crippen LogP contribution in [-0.4, -0.2) is 27.5 Å². The first-order valence-electron chi connectivity index (χ1n) is 7.13. The van der Waals surface area contributed by atoms with Crippen molar-refractivity contribution in [3.63, 3.8) is 0 Å². The van der Waals surface area contributed by atoms with Gasteiger partial charge in [0, 0.05) is 31.9 Å². The Bertz CT molecular complexity index is 404. The highest BCUT2D eigenvalue weighted by Gasteiger charge is 2.37. The number of carbonyl (C=O) groups is 1. The zero-order valence-electron chi connectivity index (χ0n) is 11.6. The molecule has 1 aromatic heterocycles. The van der Waals surface area contributed by atoms with Crippen molar-refractivity contribution in [2.24, 2.45) is 11.7 Å². The van der Waals surface area contributed by atoms with Crippen LogP contribution < -0.4 is 11.1 Å². The minimum Gasteiger partial charge on any atom is -0.349 e. The third-order valence-corrected chi connectivity index (χ3v) is 4.36. The second-order valence-electron chi connectivity index (χ2n) is 5.61. The maximum absolute atomic E-state index is 12.1. The lowest BCUT2D eigenvalue weighted by Crippen LogP contribution is -2.59. The number of nitrogens with one attached hydrogen (secondary N) is 1. The van der Waals surface area contributed by atoms with Crippen molar-refractivity contribution >= 4 is 5.91 Å². The highest BCUT2D eigenvalue weighted by atomic mass is 16.1. The predicted molar refractivity (Wildman–Crippen MR) is 74.4 cm³/mol. The highest BCUT2D eigenvalue weighted by molar-refractivity contribution is 5.76. The zero-order valence-corrected chi connectivity index (χ0v) is 11.6. The Labute approximate surface area is 114 Å². The van der Waals surface area contributed by atoms with Crippen LogP contribution in [0.1, 0.15) is 39.0 Å². The van der Waals surface area contributed by atoms with Crippen molar-refractivity contribution < 1.29 is 4.79 Å². The Hall–Kier alpha value is -1.36. The summed E-state index contributed by atoms with van der Waals surface area (Å²) in [5.74, 6) is 0.552. The van der Waals surface area contributed by atoms with Crippen molar-refractivity contribution in [1.29, 1.82) is 0 Å². The van der Waals surface area contributed by atoms with Crippen LogP contribution in [0.5, 0.6) is 0 Å². The number of nitrogens with zero attached hydrogens (tertiary/aromatic N) is 2. The van der Waals surface area contributed by atoms with E-state index >= 15 is 0 Å². The first-order chi connectivity index (χ1) is 9.16. The number of amides is 1. The van der Waals surface area contributed by atoms with Crippen LogP contribution in [0.2, 0.25) is 0 Å². The third kappa shape index (κ3) is 3.35. The predicted octanol–water partition coefficient (Wildman–Crippen LogP) is 1.30. The third-order valence-electron chi connectivity index (χ3n) is 4.36. The molecule has 2 atom stereocenters. The van der Waals surface area contributed by atoms with Crippen molar-refractivity contribution in [3.05, 3.63) is 18.7 Å². The van der Waals surface area contributed by atoms with E-state index in [1.807, 2.05) is 10.8 Å². The van der Waals surface area contributed by atoms with E-state index in [1.54, 1.807) is 12.5 Å². The van der Waals surface area contributed by atoms with Gasteiger partial charge in [-0.2, -0.15) is 0 Å². The molecule has 0 saturated heterocycles. The van der Waals surface area contributed by atoms with Crippen LogP contribution in [0.3, 0.4) is 0 Å². The number of imidazole rings is 1. The first-order valence-corrected chi connectivity index (χ1v) is 7.13. The summed E-state index contributed by atoms with van der Waals surface area (Å²) in [7, 11) is 0. The summed E-state index contributed by atoms with van der Waals surface area (Å²) < 4.78 is 1.92. The standard InChI is InChI=1S/C14H24N4O/c1-12-4-2-3-6-14(12,10-15)17-13(19)5-8-18-9-7-16-11-18/h7,9,11-12H,2-6,8,10,15H2,1H3,(H,17,19). The average Bonchev–Trinajstić information content (AvgIpc) is 2.92. The second-order valence-corrected chi connectivity index (χ2v) is 5.61. The van der Waals surface area contributed by atoms with E-state index in [1.165, 1.54) is 6.42 Å². The smallest absolute Gasteiger partial charge is 0.222 e. The average molecular weight is 264 g/mol.